The molecule has 0 aliphatic heterocycles. The van der Waals surface area contributed by atoms with Crippen LogP contribution >= 0.6 is 0 Å². The van der Waals surface area contributed by atoms with Gasteiger partial charge in [0.1, 0.15) is 5.75 Å². The minimum atomic E-state index is -0.410. The molecule has 5 heteroatoms. The Morgan fingerprint density at radius 3 is 2.79 bits per heavy atom. The largest absolute Gasteiger partial charge is 0.493 e. The highest BCUT2D eigenvalue weighted by molar-refractivity contribution is 5.78. The van der Waals surface area contributed by atoms with Gasteiger partial charge in [0.15, 0.2) is 6.29 Å². The average molecular weight is 258 g/mol. The Bertz CT molecular complexity index is 662. The Labute approximate surface area is 110 Å². The summed E-state index contributed by atoms with van der Waals surface area (Å²) in [5, 5.41) is 4.16. The van der Waals surface area contributed by atoms with Gasteiger partial charge in [-0.05, 0) is 25.1 Å². The molecule has 0 saturated heterocycles. The van der Waals surface area contributed by atoms with Crippen molar-refractivity contribution in [3.63, 3.8) is 0 Å². The summed E-state index contributed by atoms with van der Waals surface area (Å²) in [6.45, 7) is 2.42. The lowest BCUT2D eigenvalue weighted by Crippen LogP contribution is -2.23. The molecule has 1 heterocycles. The molecule has 0 radical (unpaired) electrons. The van der Waals surface area contributed by atoms with E-state index >= 15 is 0 Å². The summed E-state index contributed by atoms with van der Waals surface area (Å²) >= 11 is 0. The van der Waals surface area contributed by atoms with E-state index in [2.05, 4.69) is 5.10 Å². The van der Waals surface area contributed by atoms with E-state index in [0.717, 1.165) is 10.2 Å². The van der Waals surface area contributed by atoms with Gasteiger partial charge in [0.05, 0.1) is 17.9 Å². The molecule has 0 unspecified atom stereocenters. The molecule has 98 valence electrons. The van der Waals surface area contributed by atoms with Crippen molar-refractivity contribution in [1.29, 1.82) is 0 Å². The van der Waals surface area contributed by atoms with Gasteiger partial charge in [-0.2, -0.15) is 5.10 Å². The van der Waals surface area contributed by atoms with Crippen LogP contribution in [0.25, 0.3) is 11.3 Å². The quantitative estimate of drug-likeness (QED) is 0.782. The van der Waals surface area contributed by atoms with Crippen LogP contribution in [0.4, 0.5) is 0 Å². The topological polar surface area (TPSA) is 61.2 Å². The van der Waals surface area contributed by atoms with E-state index in [4.69, 9.17) is 4.74 Å². The number of hydrogen-bond donors (Lipinski definition) is 0. The minimum absolute atomic E-state index is 0.0822. The Kier molecular flexibility index (Phi) is 3.75. The van der Waals surface area contributed by atoms with E-state index in [1.54, 1.807) is 0 Å². The zero-order valence-electron chi connectivity index (χ0n) is 10.8. The maximum Gasteiger partial charge on any atom is 0.277 e. The Balaban J connectivity index is 2.62. The van der Waals surface area contributed by atoms with Crippen molar-refractivity contribution in [2.24, 2.45) is 7.05 Å². The first-order valence-corrected chi connectivity index (χ1v) is 5.93. The molecule has 0 fully saturated rings. The summed E-state index contributed by atoms with van der Waals surface area (Å²) in [6, 6.07) is 8.86. The third-order valence-electron chi connectivity index (χ3n) is 2.68. The number of aryl methyl sites for hydroxylation is 1. The lowest BCUT2D eigenvalue weighted by molar-refractivity contribution is 0.112. The maximum absolute atomic E-state index is 11.6. The number of para-hydroxylation sites is 1. The summed E-state index contributed by atoms with van der Waals surface area (Å²) in [5.74, 6) is 0.674. The van der Waals surface area contributed by atoms with E-state index in [-0.39, 0.29) is 5.56 Å². The second-order valence-corrected chi connectivity index (χ2v) is 3.96. The molecule has 2 aromatic rings. The van der Waals surface area contributed by atoms with Gasteiger partial charge in [0.2, 0.25) is 0 Å². The highest BCUT2D eigenvalue weighted by atomic mass is 16.5. The van der Waals surface area contributed by atoms with Crippen LogP contribution < -0.4 is 10.3 Å². The highest BCUT2D eigenvalue weighted by Gasteiger charge is 2.11. The lowest BCUT2D eigenvalue weighted by Gasteiger charge is -2.10. The summed E-state index contributed by atoms with van der Waals surface area (Å²) in [6.07, 6.45) is 0.538. The van der Waals surface area contributed by atoms with Crippen LogP contribution in [0.1, 0.15) is 17.3 Å². The highest BCUT2D eigenvalue weighted by Crippen LogP contribution is 2.27. The van der Waals surface area contributed by atoms with Gasteiger partial charge < -0.3 is 4.74 Å². The number of carbonyl (C=O) groups excluding carboxylic acids is 1. The Morgan fingerprint density at radius 1 is 1.37 bits per heavy atom. The van der Waals surface area contributed by atoms with Crippen LogP contribution in [0.5, 0.6) is 5.75 Å². The minimum Gasteiger partial charge on any atom is -0.493 e. The van der Waals surface area contributed by atoms with Gasteiger partial charge in [0.25, 0.3) is 5.56 Å². The monoisotopic (exact) mass is 258 g/mol. The molecule has 0 amide bonds. The van der Waals surface area contributed by atoms with E-state index in [9.17, 15) is 9.59 Å². The summed E-state index contributed by atoms with van der Waals surface area (Å²) < 4.78 is 6.67. The molecule has 2 rings (SSSR count). The van der Waals surface area contributed by atoms with Gasteiger partial charge in [-0.1, -0.05) is 12.1 Å². The Hall–Kier alpha value is -2.43. The standard InChI is InChI=1S/C14H14N2O3/c1-3-19-13-7-5-4-6-11(13)12-8-10(9-17)14(18)16(2)15-12/h4-9H,3H2,1-2H3. The second kappa shape index (κ2) is 5.48. The molecule has 1 aromatic heterocycles. The fraction of sp³-hybridized carbons (Fsp3) is 0.214. The van der Waals surface area contributed by atoms with Gasteiger partial charge in [-0.15, -0.1) is 0 Å². The van der Waals surface area contributed by atoms with Crippen LogP contribution in [0.15, 0.2) is 35.1 Å². The van der Waals surface area contributed by atoms with E-state index in [0.29, 0.717) is 24.3 Å². The van der Waals surface area contributed by atoms with E-state index in [1.165, 1.54) is 13.1 Å². The molecule has 0 atom stereocenters. The molecule has 5 nitrogen and oxygen atoms in total. The number of aldehydes is 1. The summed E-state index contributed by atoms with van der Waals surface area (Å²) in [4.78, 5) is 22.5. The third kappa shape index (κ3) is 2.54. The fourth-order valence-electron chi connectivity index (χ4n) is 1.81. The van der Waals surface area contributed by atoms with Gasteiger partial charge in [0, 0.05) is 12.6 Å². The Morgan fingerprint density at radius 2 is 2.11 bits per heavy atom. The first-order chi connectivity index (χ1) is 9.17. The van der Waals surface area contributed by atoms with Crippen molar-refractivity contribution in [3.8, 4) is 17.0 Å². The maximum atomic E-state index is 11.6. The molecule has 19 heavy (non-hydrogen) atoms. The first kappa shape index (κ1) is 13.0. The molecular formula is C14H14N2O3. The van der Waals surface area contributed by atoms with Crippen molar-refractivity contribution >= 4 is 6.29 Å². The number of benzene rings is 1. The molecule has 0 N–H and O–H groups in total. The van der Waals surface area contributed by atoms with Crippen LogP contribution in [-0.2, 0) is 7.05 Å². The molecule has 0 saturated carbocycles. The normalized spacial score (nSPS) is 10.2. The smallest absolute Gasteiger partial charge is 0.277 e. The number of aromatic nitrogens is 2. The van der Waals surface area contributed by atoms with Crippen molar-refractivity contribution in [1.82, 2.24) is 9.78 Å². The second-order valence-electron chi connectivity index (χ2n) is 3.96. The third-order valence-corrected chi connectivity index (χ3v) is 2.68. The average Bonchev–Trinajstić information content (AvgIpc) is 2.43. The van der Waals surface area contributed by atoms with Crippen LogP contribution in [-0.4, -0.2) is 22.7 Å². The molecule has 0 bridgehead atoms. The molecule has 0 aliphatic carbocycles. The summed E-state index contributed by atoms with van der Waals surface area (Å²) in [5.41, 5.74) is 0.961. The zero-order chi connectivity index (χ0) is 13.8. The molecule has 1 aromatic carbocycles. The van der Waals surface area contributed by atoms with Crippen LogP contribution in [0.3, 0.4) is 0 Å². The van der Waals surface area contributed by atoms with E-state index in [1.807, 2.05) is 31.2 Å². The SMILES string of the molecule is CCOc1ccccc1-c1cc(C=O)c(=O)n(C)n1. The fourth-order valence-corrected chi connectivity index (χ4v) is 1.81. The van der Waals surface area contributed by atoms with E-state index < -0.39 is 5.56 Å². The van der Waals surface area contributed by atoms with Gasteiger partial charge >= 0.3 is 0 Å². The van der Waals surface area contributed by atoms with Crippen molar-refractivity contribution in [3.05, 3.63) is 46.2 Å². The summed E-state index contributed by atoms with van der Waals surface area (Å²) in [7, 11) is 1.52. The van der Waals surface area contributed by atoms with Crippen molar-refractivity contribution < 1.29 is 9.53 Å². The molecular weight excluding hydrogens is 244 g/mol. The zero-order valence-corrected chi connectivity index (χ0v) is 10.8. The molecule has 0 spiro atoms. The number of carbonyl (C=O) groups is 1. The lowest BCUT2D eigenvalue weighted by atomic mass is 10.1. The number of rotatable bonds is 4. The molecule has 0 aliphatic rings. The van der Waals surface area contributed by atoms with Crippen molar-refractivity contribution in [2.45, 2.75) is 6.92 Å². The predicted octanol–water partition coefficient (Wildman–Crippen LogP) is 1.66. The van der Waals surface area contributed by atoms with Gasteiger partial charge in [-0.3, -0.25) is 9.59 Å². The van der Waals surface area contributed by atoms with Crippen LogP contribution in [0, 0.1) is 0 Å². The van der Waals surface area contributed by atoms with Crippen molar-refractivity contribution in [2.75, 3.05) is 6.61 Å². The van der Waals surface area contributed by atoms with Gasteiger partial charge in [-0.25, -0.2) is 4.68 Å². The number of hydrogen-bond acceptors (Lipinski definition) is 4. The number of ether oxygens (including phenoxy) is 1. The first-order valence-electron chi connectivity index (χ1n) is 5.93. The number of nitrogens with zero attached hydrogens (tertiary/aromatic N) is 2. The van der Waals surface area contributed by atoms with Crippen LogP contribution in [0.2, 0.25) is 0 Å². The predicted molar refractivity (Wildman–Crippen MR) is 71.5 cm³/mol.